The Labute approximate surface area is 497 Å². The summed E-state index contributed by atoms with van der Waals surface area (Å²) in [5.41, 5.74) is 5.52. The number of carboxylic acids is 2. The Kier molecular flexibility index (Phi) is 38.7. The van der Waals surface area contributed by atoms with E-state index in [1.54, 1.807) is 0 Å². The van der Waals surface area contributed by atoms with Crippen LogP contribution in [0.15, 0.2) is 12.5 Å². The second-order valence-electron chi connectivity index (χ2n) is 19.6. The number of nitrogens with zero attached hydrogens (tertiary/aromatic N) is 2. The van der Waals surface area contributed by atoms with E-state index in [4.69, 9.17) is 15.2 Å². The number of unbranched alkanes of at least 4 members (excludes halogenated alkanes) is 6. The highest BCUT2D eigenvalue weighted by Gasteiger charge is 2.34. The van der Waals surface area contributed by atoms with Crippen molar-refractivity contribution in [3.63, 3.8) is 0 Å². The molecule has 5 atom stereocenters. The molecule has 1 aromatic rings. The molecule has 0 saturated heterocycles. The van der Waals surface area contributed by atoms with Gasteiger partial charge >= 0.3 is 11.9 Å². The normalized spacial score (nSPS) is 12.8. The first-order chi connectivity index (χ1) is 40.8. The van der Waals surface area contributed by atoms with Crippen LogP contribution in [0.4, 0.5) is 0 Å². The number of primary amides is 1. The first kappa shape index (κ1) is 76.1. The van der Waals surface area contributed by atoms with Crippen LogP contribution in [0.2, 0.25) is 0 Å². The van der Waals surface area contributed by atoms with Crippen LogP contribution < -0.4 is 58.3 Å². The molecule has 0 spiro atoms. The average Bonchev–Trinajstić information content (AvgIpc) is 4.11. The molecule has 0 aliphatic heterocycles. The molecule has 0 fully saturated rings. The van der Waals surface area contributed by atoms with Crippen molar-refractivity contribution in [2.75, 3.05) is 85.1 Å². The fraction of sp³-hybridized carbons (Fsp3) is 0.686. The molecule has 86 heavy (non-hydrogen) atoms. The number of hydrogen-bond acceptors (Lipinski definition) is 20. The first-order valence-electron chi connectivity index (χ1n) is 28.1. The number of aliphatic hydroxyl groups excluding tert-OH is 1. The maximum atomic E-state index is 14.2. The lowest BCUT2D eigenvalue weighted by Gasteiger charge is -2.27. The summed E-state index contributed by atoms with van der Waals surface area (Å²) in [5, 5.41) is 49.8. The molecule has 1 rings (SSSR count). The molecule has 0 aliphatic carbocycles. The van der Waals surface area contributed by atoms with Crippen LogP contribution in [-0.2, 0) is 88.2 Å². The maximum Gasteiger partial charge on any atom is 0.317 e. The quantitative estimate of drug-likeness (QED) is 0.0271. The molecular formula is C51H86N14O20S. The first-order valence-corrected chi connectivity index (χ1v) is 29.7. The molecule has 1 heterocycles. The smallest absolute Gasteiger partial charge is 0.317 e. The van der Waals surface area contributed by atoms with Gasteiger partial charge in [-0.2, -0.15) is 0 Å². The number of carbonyl (C=O) groups excluding carboxylic acids is 11. The molecular weight excluding hydrogens is 1160 g/mol. The van der Waals surface area contributed by atoms with Crippen molar-refractivity contribution < 1.29 is 95.5 Å². The van der Waals surface area contributed by atoms with E-state index in [1.165, 1.54) is 19.6 Å². The number of carbonyl (C=O) groups is 13. The van der Waals surface area contributed by atoms with Crippen LogP contribution >= 0.6 is 0 Å². The fourth-order valence-corrected chi connectivity index (χ4v) is 8.80. The van der Waals surface area contributed by atoms with Crippen LogP contribution in [0.3, 0.4) is 0 Å². The second kappa shape index (κ2) is 43.7. The molecule has 0 aliphatic rings. The molecule has 1 aromatic heterocycles. The minimum absolute atomic E-state index is 0.00973. The van der Waals surface area contributed by atoms with Gasteiger partial charge in [-0.05, 0) is 25.7 Å². The molecule has 486 valence electrons. The SMILES string of the molecule is CCCCCCCCC(=O)NS(=O)(=O)CCCC(=O)NCCOCCOCC(=O)NCC(=O)NC(CO)C(=O)NC(CCC(N)=O)C(=O)NC(Cc1c[nH]cn1)C(=O)NC(CNC(=O)CN(CC(=O)O)CC(=O)O)C(=O)NC(CCCC)C(=O)NC. The van der Waals surface area contributed by atoms with Gasteiger partial charge in [0.25, 0.3) is 0 Å². The Morgan fingerprint density at radius 2 is 1.19 bits per heavy atom. The number of aromatic nitrogens is 2. The van der Waals surface area contributed by atoms with Gasteiger partial charge in [-0.25, -0.2) is 13.4 Å². The van der Waals surface area contributed by atoms with Crippen molar-refractivity contribution >= 4 is 86.9 Å². The standard InChI is InChI=1S/C51H86N14O20S/c1-4-6-8-9-10-11-14-41(69)64-86(82,83)22-12-15-40(68)55-18-19-84-20-21-85-31-44(72)57-26-42(70)59-38(30-66)51(81)61-35(16-17-39(52)67)48(78)62-36(23-33-24-54-32-58-33)49(79)63-37(50(80)60-34(13-7-5-2)47(77)53-3)25-56-43(71)27-65(28-45(73)74)29-46(75)76/h24,32,34-38,66H,4-23,25-31H2,1-3H3,(H2,52,67)(H,53,77)(H,54,58)(H,55,68)(H,56,71)(H,57,72)(H,59,70)(H,60,80)(H,61,81)(H,62,78)(H,63,79)(H,64,69)(H,73,74)(H,75,76). The second-order valence-corrected chi connectivity index (χ2v) is 21.4. The lowest BCUT2D eigenvalue weighted by Crippen LogP contribution is -2.61. The van der Waals surface area contributed by atoms with Crippen molar-refractivity contribution in [1.29, 1.82) is 0 Å². The minimum Gasteiger partial charge on any atom is -0.480 e. The number of nitrogens with one attached hydrogen (secondary N) is 11. The zero-order valence-corrected chi connectivity index (χ0v) is 49.6. The largest absolute Gasteiger partial charge is 0.480 e. The van der Waals surface area contributed by atoms with E-state index in [1.807, 2.05) is 11.6 Å². The van der Waals surface area contributed by atoms with E-state index < -0.39 is 188 Å². The van der Waals surface area contributed by atoms with Crippen LogP contribution in [0.1, 0.15) is 109 Å². The molecule has 0 bridgehead atoms. The number of rotatable bonds is 49. The number of nitrogens with two attached hydrogens (primary N) is 1. The number of ether oxygens (including phenoxy) is 2. The number of aromatic amines is 1. The molecule has 0 aromatic carbocycles. The third-order valence-corrected chi connectivity index (χ3v) is 13.5. The zero-order chi connectivity index (χ0) is 64.5. The van der Waals surface area contributed by atoms with Crippen molar-refractivity contribution in [3.05, 3.63) is 18.2 Å². The lowest BCUT2D eigenvalue weighted by atomic mass is 10.1. The Balaban J connectivity index is 2.90. The monoisotopic (exact) mass is 1250 g/mol. The van der Waals surface area contributed by atoms with Gasteiger partial charge in [0.1, 0.15) is 36.8 Å². The van der Waals surface area contributed by atoms with Crippen LogP contribution in [0.25, 0.3) is 0 Å². The molecule has 5 unspecified atom stereocenters. The number of amides is 11. The van der Waals surface area contributed by atoms with Gasteiger partial charge in [0, 0.05) is 52.0 Å². The molecule has 35 heteroatoms. The molecule has 0 radical (unpaired) electrons. The van der Waals surface area contributed by atoms with Gasteiger partial charge in [0.15, 0.2) is 0 Å². The highest BCUT2D eigenvalue weighted by atomic mass is 32.2. The van der Waals surface area contributed by atoms with E-state index in [9.17, 15) is 86.1 Å². The topological polar surface area (TPSA) is 513 Å². The summed E-state index contributed by atoms with van der Waals surface area (Å²) in [5.74, 6) is -13.0. The number of aliphatic carboxylic acids is 2. The predicted molar refractivity (Wildman–Crippen MR) is 303 cm³/mol. The highest BCUT2D eigenvalue weighted by molar-refractivity contribution is 7.90. The van der Waals surface area contributed by atoms with Gasteiger partial charge in [0.05, 0.1) is 70.4 Å². The summed E-state index contributed by atoms with van der Waals surface area (Å²) < 4.78 is 37.0. The zero-order valence-electron chi connectivity index (χ0n) is 48.8. The van der Waals surface area contributed by atoms with E-state index in [0.717, 1.165) is 37.0 Å². The third-order valence-electron chi connectivity index (χ3n) is 12.2. The summed E-state index contributed by atoms with van der Waals surface area (Å²) >= 11 is 0. The van der Waals surface area contributed by atoms with E-state index in [2.05, 4.69) is 64.7 Å². The third kappa shape index (κ3) is 36.1. The van der Waals surface area contributed by atoms with Crippen LogP contribution in [0.5, 0.6) is 0 Å². The van der Waals surface area contributed by atoms with Gasteiger partial charge in [-0.1, -0.05) is 58.8 Å². The fourth-order valence-electron chi connectivity index (χ4n) is 7.72. The van der Waals surface area contributed by atoms with E-state index >= 15 is 0 Å². The Morgan fingerprint density at radius 1 is 0.605 bits per heavy atom. The van der Waals surface area contributed by atoms with E-state index in [-0.39, 0.29) is 57.7 Å². The molecule has 11 amide bonds. The molecule has 34 nitrogen and oxygen atoms in total. The average molecular weight is 1250 g/mol. The Bertz CT molecular complexity index is 2450. The summed E-state index contributed by atoms with van der Waals surface area (Å²) in [6, 6.07) is -7.99. The Morgan fingerprint density at radius 3 is 1.80 bits per heavy atom. The summed E-state index contributed by atoms with van der Waals surface area (Å²) in [4.78, 5) is 173. The molecule has 16 N–H and O–H groups in total. The number of H-pyrrole nitrogens is 1. The number of imidazole rings is 1. The minimum atomic E-state index is -3.88. The number of likely N-dealkylation sites (N-methyl/N-ethyl adjacent to an activating group) is 1. The summed E-state index contributed by atoms with van der Waals surface area (Å²) in [7, 11) is -2.56. The summed E-state index contributed by atoms with van der Waals surface area (Å²) in [6.45, 7) is -1.56. The Hall–Kier alpha value is -7.89. The number of sulfonamides is 1. The number of carboxylic acid groups (broad SMARTS) is 2. The highest BCUT2D eigenvalue weighted by Crippen LogP contribution is 2.09. The lowest BCUT2D eigenvalue weighted by molar-refractivity contribution is -0.142. The van der Waals surface area contributed by atoms with Crippen molar-refractivity contribution in [2.24, 2.45) is 5.73 Å². The van der Waals surface area contributed by atoms with Crippen molar-refractivity contribution in [3.8, 4) is 0 Å². The van der Waals surface area contributed by atoms with Crippen LogP contribution in [0, 0.1) is 0 Å². The molecule has 0 saturated carbocycles. The van der Waals surface area contributed by atoms with Crippen molar-refractivity contribution in [1.82, 2.24) is 67.4 Å². The van der Waals surface area contributed by atoms with Gasteiger partial charge < -0.3 is 83.4 Å². The number of aliphatic hydroxyl groups is 1. The summed E-state index contributed by atoms with van der Waals surface area (Å²) in [6.07, 6.45) is 8.07. The van der Waals surface area contributed by atoms with Gasteiger partial charge in [0.2, 0.25) is 75.0 Å². The van der Waals surface area contributed by atoms with Gasteiger partial charge in [-0.15, -0.1) is 0 Å². The van der Waals surface area contributed by atoms with Crippen molar-refractivity contribution in [2.45, 2.75) is 140 Å². The van der Waals surface area contributed by atoms with E-state index in [0.29, 0.717) is 19.3 Å². The number of hydrogen-bond donors (Lipinski definition) is 15. The predicted octanol–water partition coefficient (Wildman–Crippen LogP) is -5.60. The maximum absolute atomic E-state index is 14.2. The van der Waals surface area contributed by atoms with Gasteiger partial charge in [-0.3, -0.25) is 72.0 Å². The van der Waals surface area contributed by atoms with Crippen LogP contribution in [-0.4, -0.2) is 231 Å².